The standard InChI is InChI=1S/C22H30N2O2S2/c1-4-5-6-7-8-9-19-16-22(19,17(2)24-21-23-14-15-27-21)18-10-12-20(13-11-18)28(3,25)26/h10-15,19H,2,4-9,16H2,1,3H3,(H,23,24)/t19-,22+/m1/s1. The molecule has 1 aromatic heterocycles. The summed E-state index contributed by atoms with van der Waals surface area (Å²) < 4.78 is 23.6. The molecule has 1 aromatic carbocycles. The third kappa shape index (κ3) is 4.66. The topological polar surface area (TPSA) is 59.1 Å². The average Bonchev–Trinajstić information content (AvgIpc) is 3.17. The van der Waals surface area contributed by atoms with Crippen molar-refractivity contribution in [2.24, 2.45) is 5.92 Å². The molecule has 0 unspecified atom stereocenters. The molecule has 2 aromatic rings. The van der Waals surface area contributed by atoms with Crippen LogP contribution in [0.4, 0.5) is 5.13 Å². The molecule has 0 saturated heterocycles. The van der Waals surface area contributed by atoms with Gasteiger partial charge in [-0.2, -0.15) is 0 Å². The number of benzene rings is 1. The van der Waals surface area contributed by atoms with Crippen LogP contribution in [0.3, 0.4) is 0 Å². The van der Waals surface area contributed by atoms with Gasteiger partial charge in [0.25, 0.3) is 0 Å². The first kappa shape index (κ1) is 21.1. The van der Waals surface area contributed by atoms with Gasteiger partial charge >= 0.3 is 0 Å². The van der Waals surface area contributed by atoms with Crippen LogP contribution in [0.1, 0.15) is 57.4 Å². The lowest BCUT2D eigenvalue weighted by Crippen LogP contribution is -2.19. The molecule has 0 bridgehead atoms. The maximum absolute atomic E-state index is 11.8. The van der Waals surface area contributed by atoms with Gasteiger partial charge in [-0.15, -0.1) is 11.3 Å². The Labute approximate surface area is 173 Å². The molecule has 1 fully saturated rings. The highest BCUT2D eigenvalue weighted by molar-refractivity contribution is 7.90. The van der Waals surface area contributed by atoms with Crippen molar-refractivity contribution in [3.8, 4) is 0 Å². The summed E-state index contributed by atoms with van der Waals surface area (Å²) in [5, 5.41) is 6.20. The van der Waals surface area contributed by atoms with E-state index < -0.39 is 9.84 Å². The van der Waals surface area contributed by atoms with Crippen LogP contribution in [0, 0.1) is 5.92 Å². The molecule has 1 N–H and O–H groups in total. The average molecular weight is 419 g/mol. The maximum atomic E-state index is 11.8. The number of anilines is 1. The van der Waals surface area contributed by atoms with Crippen molar-refractivity contribution in [3.05, 3.63) is 53.7 Å². The molecule has 3 rings (SSSR count). The second kappa shape index (κ2) is 8.78. The van der Waals surface area contributed by atoms with Gasteiger partial charge in [0, 0.05) is 28.9 Å². The number of nitrogens with zero attached hydrogens (tertiary/aromatic N) is 1. The number of sulfone groups is 1. The highest BCUT2D eigenvalue weighted by Gasteiger charge is 2.56. The first-order valence-corrected chi connectivity index (χ1v) is 12.8. The van der Waals surface area contributed by atoms with Crippen LogP contribution >= 0.6 is 11.3 Å². The zero-order valence-corrected chi connectivity index (χ0v) is 18.4. The third-order valence-electron chi connectivity index (χ3n) is 5.79. The molecule has 1 saturated carbocycles. The number of allylic oxidation sites excluding steroid dienone is 1. The normalized spacial score (nSPS) is 21.4. The lowest BCUT2D eigenvalue weighted by atomic mass is 9.88. The maximum Gasteiger partial charge on any atom is 0.186 e. The smallest absolute Gasteiger partial charge is 0.186 e. The molecular weight excluding hydrogens is 388 g/mol. The number of rotatable bonds is 11. The van der Waals surface area contributed by atoms with Crippen molar-refractivity contribution in [2.75, 3.05) is 11.6 Å². The minimum absolute atomic E-state index is 0.132. The number of hydrogen-bond donors (Lipinski definition) is 1. The first-order chi connectivity index (χ1) is 13.4. The van der Waals surface area contributed by atoms with E-state index >= 15 is 0 Å². The molecular formula is C22H30N2O2S2. The predicted octanol–water partition coefficient (Wildman–Crippen LogP) is 5.79. The van der Waals surface area contributed by atoms with Crippen LogP contribution in [-0.4, -0.2) is 19.7 Å². The highest BCUT2D eigenvalue weighted by Crippen LogP contribution is 2.60. The fraction of sp³-hybridized carbons (Fsp3) is 0.500. The lowest BCUT2D eigenvalue weighted by Gasteiger charge is -2.22. The van der Waals surface area contributed by atoms with Gasteiger partial charge in [0.2, 0.25) is 0 Å². The molecule has 1 aliphatic carbocycles. The molecule has 152 valence electrons. The molecule has 0 aliphatic heterocycles. The van der Waals surface area contributed by atoms with Crippen LogP contribution in [0.25, 0.3) is 0 Å². The van der Waals surface area contributed by atoms with Crippen molar-refractivity contribution >= 4 is 26.3 Å². The second-order valence-electron chi connectivity index (χ2n) is 7.81. The summed E-state index contributed by atoms with van der Waals surface area (Å²) in [6, 6.07) is 7.36. The van der Waals surface area contributed by atoms with Gasteiger partial charge in [-0.05, 0) is 36.5 Å². The summed E-state index contributed by atoms with van der Waals surface area (Å²) in [7, 11) is -3.19. The van der Waals surface area contributed by atoms with Crippen molar-refractivity contribution in [3.63, 3.8) is 0 Å². The van der Waals surface area contributed by atoms with Crippen LogP contribution in [0.2, 0.25) is 0 Å². The lowest BCUT2D eigenvalue weighted by molar-refractivity contribution is 0.551. The fourth-order valence-corrected chi connectivity index (χ4v) is 5.28. The predicted molar refractivity (Wildman–Crippen MR) is 118 cm³/mol. The van der Waals surface area contributed by atoms with E-state index in [2.05, 4.69) is 23.8 Å². The molecule has 1 heterocycles. The minimum Gasteiger partial charge on any atom is -0.335 e. The van der Waals surface area contributed by atoms with Crippen molar-refractivity contribution in [1.29, 1.82) is 0 Å². The largest absolute Gasteiger partial charge is 0.335 e. The van der Waals surface area contributed by atoms with E-state index in [-0.39, 0.29) is 5.41 Å². The number of aromatic nitrogens is 1. The Morgan fingerprint density at radius 2 is 1.96 bits per heavy atom. The number of thiazole rings is 1. The molecule has 0 spiro atoms. The van der Waals surface area contributed by atoms with Gasteiger partial charge in [0.1, 0.15) is 0 Å². The van der Waals surface area contributed by atoms with E-state index in [4.69, 9.17) is 0 Å². The van der Waals surface area contributed by atoms with Gasteiger partial charge < -0.3 is 5.32 Å². The minimum atomic E-state index is -3.19. The SMILES string of the molecule is C=C(Nc1nccs1)[C@]1(c2ccc(S(C)(=O)=O)cc2)C[C@H]1CCCCCCC. The van der Waals surface area contributed by atoms with Crippen LogP contribution in [0.5, 0.6) is 0 Å². The fourth-order valence-electron chi connectivity index (χ4n) is 4.10. The van der Waals surface area contributed by atoms with Gasteiger partial charge in [-0.25, -0.2) is 13.4 Å². The molecule has 0 radical (unpaired) electrons. The van der Waals surface area contributed by atoms with Crippen LogP contribution < -0.4 is 5.32 Å². The van der Waals surface area contributed by atoms with E-state index in [1.54, 1.807) is 29.7 Å². The van der Waals surface area contributed by atoms with Crippen LogP contribution in [-0.2, 0) is 15.3 Å². The quantitative estimate of drug-likeness (QED) is 0.469. The van der Waals surface area contributed by atoms with E-state index in [1.165, 1.54) is 44.8 Å². The Morgan fingerprint density at radius 3 is 2.57 bits per heavy atom. The van der Waals surface area contributed by atoms with Gasteiger partial charge in [0.15, 0.2) is 15.0 Å². The second-order valence-corrected chi connectivity index (χ2v) is 10.7. The molecule has 2 atom stereocenters. The summed E-state index contributed by atoms with van der Waals surface area (Å²) in [6.45, 7) is 6.59. The Morgan fingerprint density at radius 1 is 1.25 bits per heavy atom. The molecule has 1 aliphatic rings. The summed E-state index contributed by atoms with van der Waals surface area (Å²) in [6.07, 6.45) is 11.6. The summed E-state index contributed by atoms with van der Waals surface area (Å²) >= 11 is 1.56. The highest BCUT2D eigenvalue weighted by atomic mass is 32.2. The number of hydrogen-bond acceptors (Lipinski definition) is 5. The molecule has 6 heteroatoms. The third-order valence-corrected chi connectivity index (χ3v) is 7.60. The first-order valence-electron chi connectivity index (χ1n) is 10.0. The van der Waals surface area contributed by atoms with E-state index in [1.807, 2.05) is 17.5 Å². The number of unbranched alkanes of at least 4 members (excludes halogenated alkanes) is 4. The summed E-state index contributed by atoms with van der Waals surface area (Å²) in [4.78, 5) is 4.69. The summed E-state index contributed by atoms with van der Waals surface area (Å²) in [5.41, 5.74) is 1.98. The van der Waals surface area contributed by atoms with Gasteiger partial charge in [0.05, 0.1) is 4.90 Å². The van der Waals surface area contributed by atoms with Crippen LogP contribution in [0.15, 0.2) is 53.0 Å². The molecule has 4 nitrogen and oxygen atoms in total. The Kier molecular flexibility index (Phi) is 6.61. The zero-order chi connectivity index (χ0) is 20.2. The van der Waals surface area contributed by atoms with E-state index in [0.717, 1.165) is 22.8 Å². The van der Waals surface area contributed by atoms with E-state index in [9.17, 15) is 8.42 Å². The number of nitrogens with one attached hydrogen (secondary N) is 1. The van der Waals surface area contributed by atoms with Crippen molar-refractivity contribution in [1.82, 2.24) is 4.98 Å². The Bertz CT molecular complexity index is 889. The monoisotopic (exact) mass is 418 g/mol. The summed E-state index contributed by atoms with van der Waals surface area (Å²) in [5.74, 6) is 0.540. The van der Waals surface area contributed by atoms with Gasteiger partial charge in [-0.1, -0.05) is 57.7 Å². The molecule has 28 heavy (non-hydrogen) atoms. The Balaban J connectivity index is 1.77. The molecule has 0 amide bonds. The Hall–Kier alpha value is -1.66. The van der Waals surface area contributed by atoms with Crippen molar-refractivity contribution < 1.29 is 8.42 Å². The zero-order valence-electron chi connectivity index (χ0n) is 16.8. The van der Waals surface area contributed by atoms with E-state index in [0.29, 0.717) is 10.8 Å². The van der Waals surface area contributed by atoms with Gasteiger partial charge in [-0.3, -0.25) is 0 Å². The van der Waals surface area contributed by atoms with Crippen molar-refractivity contribution in [2.45, 2.75) is 62.2 Å².